The molecule has 2 rings (SSSR count). The van der Waals surface area contributed by atoms with Crippen LogP contribution in [0.2, 0.25) is 0 Å². The Balaban J connectivity index is 2.41. The topological polar surface area (TPSA) is 119 Å². The van der Waals surface area contributed by atoms with Crippen LogP contribution >= 0.6 is 0 Å². The normalized spacial score (nSPS) is 18.1. The van der Waals surface area contributed by atoms with Crippen molar-refractivity contribution in [2.45, 2.75) is 32.1 Å². The molecule has 132 valence electrons. The lowest BCUT2D eigenvalue weighted by molar-refractivity contribution is -0.384. The van der Waals surface area contributed by atoms with Gasteiger partial charge in [0.05, 0.1) is 29.7 Å². The van der Waals surface area contributed by atoms with E-state index in [1.165, 1.54) is 25.3 Å². The molecule has 1 aromatic rings. The number of nitro benzene ring substituents is 1. The molecule has 1 saturated carbocycles. The largest absolute Gasteiger partial charge is 0.511 e. The number of aliphatic imine (C=N–C) groups is 1. The Labute approximate surface area is 144 Å². The van der Waals surface area contributed by atoms with E-state index in [1.54, 1.807) is 6.07 Å². The average molecular weight is 346 g/mol. The van der Waals surface area contributed by atoms with E-state index < -0.39 is 10.9 Å². The molecule has 1 aromatic carbocycles. The summed E-state index contributed by atoms with van der Waals surface area (Å²) in [6.45, 7) is 0. The monoisotopic (exact) mass is 346 g/mol. The number of methoxy groups -OCH3 is 1. The second-order valence-electron chi connectivity index (χ2n) is 5.48. The summed E-state index contributed by atoms with van der Waals surface area (Å²) in [7, 11) is 1.24. The van der Waals surface area contributed by atoms with Crippen LogP contribution in [0, 0.1) is 10.1 Å². The number of esters is 1. The Kier molecular flexibility index (Phi) is 5.99. The Bertz CT molecular complexity index is 766. The number of nitro groups is 1. The standard InChI is InChI=1S/C17H18N2O6/c1-25-16(22)10-9-15(21)17-12(6-4-8-14(17)20)18-11-5-2-3-7-13(11)19(23)24/h2-3,5,7,21H,4,6,8-10H2,1H3. The lowest BCUT2D eigenvalue weighted by atomic mass is 9.89. The number of rotatable bonds is 5. The maximum Gasteiger partial charge on any atom is 0.305 e. The average Bonchev–Trinajstić information content (AvgIpc) is 2.59. The minimum absolute atomic E-state index is 0.0494. The number of carbonyl (C=O) groups excluding carboxylic acids is 2. The van der Waals surface area contributed by atoms with Crippen molar-refractivity contribution in [1.82, 2.24) is 0 Å². The summed E-state index contributed by atoms with van der Waals surface area (Å²) in [5, 5.41) is 21.4. The van der Waals surface area contributed by atoms with Crippen molar-refractivity contribution in [3.05, 3.63) is 45.7 Å². The molecule has 0 heterocycles. The first-order valence-electron chi connectivity index (χ1n) is 7.77. The van der Waals surface area contributed by atoms with Crippen LogP contribution < -0.4 is 0 Å². The zero-order valence-electron chi connectivity index (χ0n) is 13.7. The summed E-state index contributed by atoms with van der Waals surface area (Å²) in [6, 6.07) is 5.94. The van der Waals surface area contributed by atoms with E-state index in [-0.39, 0.29) is 47.8 Å². The fraction of sp³-hybridized carbons (Fsp3) is 0.353. The number of hydrogen-bond acceptors (Lipinski definition) is 7. The molecule has 8 nitrogen and oxygen atoms in total. The van der Waals surface area contributed by atoms with Crippen molar-refractivity contribution in [3.8, 4) is 0 Å². The van der Waals surface area contributed by atoms with Gasteiger partial charge in [-0.1, -0.05) is 12.1 Å². The number of hydrogen-bond donors (Lipinski definition) is 1. The molecular weight excluding hydrogens is 328 g/mol. The lowest BCUT2D eigenvalue weighted by Crippen LogP contribution is -2.21. The Morgan fingerprint density at radius 1 is 1.32 bits per heavy atom. The number of nitrogens with zero attached hydrogens (tertiary/aromatic N) is 2. The van der Waals surface area contributed by atoms with Crippen LogP contribution in [0.3, 0.4) is 0 Å². The molecular formula is C17H18N2O6. The smallest absolute Gasteiger partial charge is 0.305 e. The van der Waals surface area contributed by atoms with Gasteiger partial charge in [0.15, 0.2) is 5.78 Å². The number of Topliss-reactive ketones (excluding diaryl/α,β-unsaturated/α-hetero) is 1. The van der Waals surface area contributed by atoms with Gasteiger partial charge in [-0.3, -0.25) is 19.7 Å². The van der Waals surface area contributed by atoms with Crippen molar-refractivity contribution >= 4 is 28.8 Å². The highest BCUT2D eigenvalue weighted by Crippen LogP contribution is 2.30. The summed E-state index contributed by atoms with van der Waals surface area (Å²) in [4.78, 5) is 38.3. The highest BCUT2D eigenvalue weighted by molar-refractivity contribution is 6.24. The Morgan fingerprint density at radius 2 is 2.04 bits per heavy atom. The zero-order valence-corrected chi connectivity index (χ0v) is 13.7. The van der Waals surface area contributed by atoms with E-state index in [9.17, 15) is 24.8 Å². The van der Waals surface area contributed by atoms with Crippen molar-refractivity contribution < 1.29 is 24.4 Å². The first-order valence-corrected chi connectivity index (χ1v) is 7.77. The van der Waals surface area contributed by atoms with Crippen LogP contribution in [0.15, 0.2) is 40.6 Å². The highest BCUT2D eigenvalue weighted by atomic mass is 16.6. The Morgan fingerprint density at radius 3 is 2.72 bits per heavy atom. The number of benzene rings is 1. The molecule has 0 radical (unpaired) electrons. The number of ether oxygens (including phenoxy) is 1. The predicted molar refractivity (Wildman–Crippen MR) is 90.0 cm³/mol. The van der Waals surface area contributed by atoms with Gasteiger partial charge in [-0.15, -0.1) is 0 Å². The minimum atomic E-state index is -0.551. The summed E-state index contributed by atoms with van der Waals surface area (Å²) >= 11 is 0. The van der Waals surface area contributed by atoms with Crippen LogP contribution in [0.5, 0.6) is 0 Å². The van der Waals surface area contributed by atoms with Crippen molar-refractivity contribution in [2.75, 3.05) is 7.11 Å². The fourth-order valence-corrected chi connectivity index (χ4v) is 2.57. The van der Waals surface area contributed by atoms with Gasteiger partial charge in [-0.2, -0.15) is 0 Å². The Hall–Kier alpha value is -3.03. The van der Waals surface area contributed by atoms with E-state index in [0.717, 1.165) is 0 Å². The number of aliphatic hydroxyl groups excluding tert-OH is 1. The van der Waals surface area contributed by atoms with Crippen LogP contribution in [-0.4, -0.2) is 34.6 Å². The van der Waals surface area contributed by atoms with E-state index in [2.05, 4.69) is 9.73 Å². The van der Waals surface area contributed by atoms with Gasteiger partial charge in [0.2, 0.25) is 0 Å². The second kappa shape index (κ2) is 8.18. The van der Waals surface area contributed by atoms with Crippen LogP contribution in [-0.2, 0) is 14.3 Å². The zero-order chi connectivity index (χ0) is 18.4. The number of aliphatic hydroxyl groups is 1. The summed E-state index contributed by atoms with van der Waals surface area (Å²) in [5.74, 6) is -1.04. The van der Waals surface area contributed by atoms with E-state index in [0.29, 0.717) is 18.6 Å². The molecule has 25 heavy (non-hydrogen) atoms. The minimum Gasteiger partial charge on any atom is -0.511 e. The maximum absolute atomic E-state index is 12.2. The van der Waals surface area contributed by atoms with Crippen molar-refractivity contribution in [2.24, 2.45) is 4.99 Å². The predicted octanol–water partition coefficient (Wildman–Crippen LogP) is 3.19. The number of allylic oxidation sites excluding steroid dienone is 2. The van der Waals surface area contributed by atoms with Crippen LogP contribution in [0.1, 0.15) is 32.1 Å². The third-order valence-electron chi connectivity index (χ3n) is 3.80. The molecule has 0 aromatic heterocycles. The number of carbonyl (C=O) groups is 2. The summed E-state index contributed by atoms with van der Waals surface area (Å²) in [6.07, 6.45) is 1.09. The van der Waals surface area contributed by atoms with E-state index in [4.69, 9.17) is 0 Å². The SMILES string of the molecule is COC(=O)CCC(O)=C1C(=O)CCCC1=Nc1ccccc1[N+](=O)[O-]. The quantitative estimate of drug-likeness (QED) is 0.287. The molecule has 1 N–H and O–H groups in total. The van der Waals surface area contributed by atoms with Gasteiger partial charge in [0, 0.05) is 18.9 Å². The van der Waals surface area contributed by atoms with Gasteiger partial charge in [0.1, 0.15) is 11.4 Å². The number of ketones is 1. The third kappa shape index (κ3) is 4.50. The van der Waals surface area contributed by atoms with Gasteiger partial charge in [0.25, 0.3) is 5.69 Å². The first kappa shape index (κ1) is 18.3. The molecule has 0 unspecified atom stereocenters. The van der Waals surface area contributed by atoms with Gasteiger partial charge < -0.3 is 9.84 Å². The first-order chi connectivity index (χ1) is 11.9. The molecule has 1 aliphatic rings. The highest BCUT2D eigenvalue weighted by Gasteiger charge is 2.26. The van der Waals surface area contributed by atoms with E-state index >= 15 is 0 Å². The molecule has 8 heteroatoms. The molecule has 0 spiro atoms. The molecule has 1 fully saturated rings. The van der Waals surface area contributed by atoms with Gasteiger partial charge in [-0.05, 0) is 18.9 Å². The molecule has 0 aliphatic heterocycles. The molecule has 1 aliphatic carbocycles. The molecule has 0 bridgehead atoms. The number of para-hydroxylation sites is 2. The van der Waals surface area contributed by atoms with Gasteiger partial charge in [-0.25, -0.2) is 4.99 Å². The van der Waals surface area contributed by atoms with Crippen LogP contribution in [0.4, 0.5) is 11.4 Å². The van der Waals surface area contributed by atoms with E-state index in [1.807, 2.05) is 0 Å². The molecule has 0 atom stereocenters. The third-order valence-corrected chi connectivity index (χ3v) is 3.80. The molecule has 0 saturated heterocycles. The molecule has 0 amide bonds. The van der Waals surface area contributed by atoms with Crippen LogP contribution in [0.25, 0.3) is 0 Å². The fourth-order valence-electron chi connectivity index (χ4n) is 2.57. The van der Waals surface area contributed by atoms with Crippen molar-refractivity contribution in [1.29, 1.82) is 0 Å². The summed E-state index contributed by atoms with van der Waals surface area (Å²) < 4.78 is 4.52. The lowest BCUT2D eigenvalue weighted by Gasteiger charge is -2.17. The van der Waals surface area contributed by atoms with Crippen molar-refractivity contribution in [3.63, 3.8) is 0 Å². The van der Waals surface area contributed by atoms with Gasteiger partial charge >= 0.3 is 5.97 Å². The maximum atomic E-state index is 12.2. The summed E-state index contributed by atoms with van der Waals surface area (Å²) in [5.41, 5.74) is 0.290. The second-order valence-corrected chi connectivity index (χ2v) is 5.48.